The molecular formula is C13H14N2O3S. The highest BCUT2D eigenvalue weighted by atomic mass is 32.2. The van der Waals surface area contributed by atoms with Crippen LogP contribution in [0.5, 0.6) is 0 Å². The van der Waals surface area contributed by atoms with E-state index in [2.05, 4.69) is 5.32 Å². The third-order valence-corrected chi connectivity index (χ3v) is 4.11. The first-order valence-electron chi connectivity index (χ1n) is 5.71. The lowest BCUT2D eigenvalue weighted by Crippen LogP contribution is -2.29. The molecule has 0 fully saturated rings. The fourth-order valence-electron chi connectivity index (χ4n) is 1.91. The average Bonchev–Trinajstić information content (AvgIpc) is 2.82. The summed E-state index contributed by atoms with van der Waals surface area (Å²) in [6.45, 7) is 0. The standard InChI is InChI=1S/C13H14N2O3S/c1-18-12(16)11-9(15-13(14)17)7-10(19-11)8-5-3-2-4-6-8/h2-6,10H,7H2,1H3,(H3,14,15,17). The highest BCUT2D eigenvalue weighted by Crippen LogP contribution is 2.46. The van der Waals surface area contributed by atoms with E-state index in [1.54, 1.807) is 0 Å². The smallest absolute Gasteiger partial charge is 0.346 e. The Bertz CT molecular complexity index is 528. The Hall–Kier alpha value is -1.95. The Balaban J connectivity index is 2.21. The molecular weight excluding hydrogens is 264 g/mol. The predicted octanol–water partition coefficient (Wildman–Crippen LogP) is 1.92. The molecule has 1 aromatic rings. The maximum Gasteiger partial charge on any atom is 0.346 e. The van der Waals surface area contributed by atoms with E-state index >= 15 is 0 Å². The van der Waals surface area contributed by atoms with Crippen LogP contribution < -0.4 is 11.1 Å². The lowest BCUT2D eigenvalue weighted by molar-refractivity contribution is -0.135. The summed E-state index contributed by atoms with van der Waals surface area (Å²) in [6.07, 6.45) is 0.544. The number of thioether (sulfide) groups is 1. The molecule has 6 heteroatoms. The van der Waals surface area contributed by atoms with Crippen LogP contribution >= 0.6 is 11.8 Å². The lowest BCUT2D eigenvalue weighted by Gasteiger charge is -2.09. The molecule has 19 heavy (non-hydrogen) atoms. The van der Waals surface area contributed by atoms with E-state index in [1.807, 2.05) is 30.3 Å². The van der Waals surface area contributed by atoms with Gasteiger partial charge in [-0.3, -0.25) is 0 Å². The molecule has 0 aromatic heterocycles. The Morgan fingerprint density at radius 2 is 2.05 bits per heavy atom. The highest BCUT2D eigenvalue weighted by molar-refractivity contribution is 8.04. The summed E-state index contributed by atoms with van der Waals surface area (Å²) in [5, 5.41) is 2.58. The minimum absolute atomic E-state index is 0.0807. The van der Waals surface area contributed by atoms with E-state index in [4.69, 9.17) is 10.5 Å². The number of methoxy groups -OCH3 is 1. The molecule has 1 unspecified atom stereocenters. The number of hydrogen-bond acceptors (Lipinski definition) is 4. The van der Waals surface area contributed by atoms with E-state index in [9.17, 15) is 9.59 Å². The zero-order chi connectivity index (χ0) is 13.8. The molecule has 0 bridgehead atoms. The summed E-state index contributed by atoms with van der Waals surface area (Å²) < 4.78 is 4.72. The fourth-order valence-corrected chi connectivity index (χ4v) is 3.19. The van der Waals surface area contributed by atoms with Gasteiger partial charge in [-0.05, 0) is 5.56 Å². The predicted molar refractivity (Wildman–Crippen MR) is 73.2 cm³/mol. The van der Waals surface area contributed by atoms with Crippen molar-refractivity contribution in [2.75, 3.05) is 7.11 Å². The Labute approximate surface area is 115 Å². The molecule has 3 N–H and O–H groups in total. The molecule has 0 aliphatic carbocycles. The van der Waals surface area contributed by atoms with Crippen LogP contribution in [0.25, 0.3) is 0 Å². The molecule has 1 aliphatic heterocycles. The second kappa shape index (κ2) is 5.79. The van der Waals surface area contributed by atoms with Crippen LogP contribution in [0.2, 0.25) is 0 Å². The number of nitrogens with two attached hydrogens (primary N) is 1. The van der Waals surface area contributed by atoms with Gasteiger partial charge < -0.3 is 15.8 Å². The van der Waals surface area contributed by atoms with E-state index in [1.165, 1.54) is 18.9 Å². The number of urea groups is 1. The van der Waals surface area contributed by atoms with Gasteiger partial charge in [0.2, 0.25) is 0 Å². The first kappa shape index (κ1) is 13.5. The zero-order valence-corrected chi connectivity index (χ0v) is 11.2. The van der Waals surface area contributed by atoms with Gasteiger partial charge in [-0.15, -0.1) is 11.8 Å². The monoisotopic (exact) mass is 278 g/mol. The largest absolute Gasteiger partial charge is 0.465 e. The molecule has 0 radical (unpaired) electrons. The van der Waals surface area contributed by atoms with Crippen LogP contribution in [-0.2, 0) is 9.53 Å². The van der Waals surface area contributed by atoms with Crippen LogP contribution in [0.15, 0.2) is 40.9 Å². The Morgan fingerprint density at radius 3 is 2.63 bits per heavy atom. The third kappa shape index (κ3) is 3.08. The average molecular weight is 278 g/mol. The Morgan fingerprint density at radius 1 is 1.37 bits per heavy atom. The zero-order valence-electron chi connectivity index (χ0n) is 10.4. The summed E-state index contributed by atoms with van der Waals surface area (Å²) in [4.78, 5) is 23.1. The molecule has 5 nitrogen and oxygen atoms in total. The topological polar surface area (TPSA) is 81.4 Å². The number of esters is 1. The maximum absolute atomic E-state index is 11.7. The SMILES string of the molecule is COC(=O)C1=C(NC(N)=O)CC(c2ccccc2)S1. The van der Waals surface area contributed by atoms with Gasteiger partial charge in [0.05, 0.1) is 7.11 Å². The van der Waals surface area contributed by atoms with E-state index in [0.717, 1.165) is 5.56 Å². The van der Waals surface area contributed by atoms with Gasteiger partial charge in [0.1, 0.15) is 4.91 Å². The van der Waals surface area contributed by atoms with Gasteiger partial charge in [-0.2, -0.15) is 0 Å². The molecule has 1 aliphatic rings. The molecule has 0 saturated heterocycles. The first-order valence-corrected chi connectivity index (χ1v) is 6.59. The number of carbonyl (C=O) groups excluding carboxylic acids is 2. The van der Waals surface area contributed by atoms with E-state index < -0.39 is 12.0 Å². The van der Waals surface area contributed by atoms with E-state index in [-0.39, 0.29) is 5.25 Å². The minimum atomic E-state index is -0.675. The van der Waals surface area contributed by atoms with Gasteiger partial charge >= 0.3 is 12.0 Å². The normalized spacial score (nSPS) is 18.3. The highest BCUT2D eigenvalue weighted by Gasteiger charge is 2.31. The summed E-state index contributed by atoms with van der Waals surface area (Å²) >= 11 is 1.38. The van der Waals surface area contributed by atoms with Gasteiger partial charge in [0.25, 0.3) is 0 Å². The molecule has 2 rings (SSSR count). The molecule has 0 spiro atoms. The fraction of sp³-hybridized carbons (Fsp3) is 0.231. The Kier molecular flexibility index (Phi) is 4.11. The number of benzene rings is 1. The number of carbonyl (C=O) groups is 2. The molecule has 1 aromatic carbocycles. The van der Waals surface area contributed by atoms with Gasteiger partial charge in [0, 0.05) is 17.4 Å². The van der Waals surface area contributed by atoms with Crippen molar-refractivity contribution in [3.63, 3.8) is 0 Å². The molecule has 0 saturated carbocycles. The number of hydrogen-bond donors (Lipinski definition) is 2. The second-order valence-electron chi connectivity index (χ2n) is 4.01. The van der Waals surface area contributed by atoms with Crippen molar-refractivity contribution in [3.05, 3.63) is 46.5 Å². The van der Waals surface area contributed by atoms with Crippen LogP contribution in [0, 0.1) is 0 Å². The third-order valence-electron chi connectivity index (χ3n) is 2.74. The van der Waals surface area contributed by atoms with Gasteiger partial charge in [0.15, 0.2) is 0 Å². The summed E-state index contributed by atoms with van der Waals surface area (Å²) in [6, 6.07) is 9.10. The number of ether oxygens (including phenoxy) is 1. The minimum Gasteiger partial charge on any atom is -0.465 e. The molecule has 1 heterocycles. The van der Waals surface area contributed by atoms with Crippen molar-refractivity contribution >= 4 is 23.8 Å². The first-order chi connectivity index (χ1) is 9.11. The van der Waals surface area contributed by atoms with Gasteiger partial charge in [-0.25, -0.2) is 9.59 Å². The second-order valence-corrected chi connectivity index (χ2v) is 5.22. The molecule has 2 amide bonds. The van der Waals surface area contributed by atoms with Gasteiger partial charge in [-0.1, -0.05) is 30.3 Å². The number of primary amides is 1. The van der Waals surface area contributed by atoms with Crippen molar-refractivity contribution in [3.8, 4) is 0 Å². The maximum atomic E-state index is 11.7. The summed E-state index contributed by atoms with van der Waals surface area (Å²) in [5.41, 5.74) is 6.73. The summed E-state index contributed by atoms with van der Waals surface area (Å²) in [5.74, 6) is -0.452. The van der Waals surface area contributed by atoms with Crippen LogP contribution in [0.3, 0.4) is 0 Å². The number of rotatable bonds is 3. The lowest BCUT2D eigenvalue weighted by atomic mass is 10.1. The van der Waals surface area contributed by atoms with Crippen LogP contribution in [0.4, 0.5) is 4.79 Å². The van der Waals surface area contributed by atoms with Crippen molar-refractivity contribution < 1.29 is 14.3 Å². The van der Waals surface area contributed by atoms with Crippen LogP contribution in [-0.4, -0.2) is 19.1 Å². The van der Waals surface area contributed by atoms with Crippen LogP contribution in [0.1, 0.15) is 17.2 Å². The molecule has 1 atom stereocenters. The van der Waals surface area contributed by atoms with Crippen molar-refractivity contribution in [2.45, 2.75) is 11.7 Å². The molecule has 100 valence electrons. The van der Waals surface area contributed by atoms with Crippen molar-refractivity contribution in [1.82, 2.24) is 5.32 Å². The number of allylic oxidation sites excluding steroid dienone is 1. The summed E-state index contributed by atoms with van der Waals surface area (Å²) in [7, 11) is 1.31. The van der Waals surface area contributed by atoms with E-state index in [0.29, 0.717) is 17.0 Å². The van der Waals surface area contributed by atoms with Crippen molar-refractivity contribution in [2.24, 2.45) is 5.73 Å². The quantitative estimate of drug-likeness (QED) is 0.828. The number of nitrogens with one attached hydrogen (secondary N) is 1. The van der Waals surface area contributed by atoms with Crippen molar-refractivity contribution in [1.29, 1.82) is 0 Å². The number of amides is 2.